The zero-order valence-corrected chi connectivity index (χ0v) is 9.92. The first-order valence-corrected chi connectivity index (χ1v) is 5.54. The number of ether oxygens (including phenoxy) is 1. The molecule has 1 amide bonds. The number of cyclic esters (lactones) is 1. The predicted molar refractivity (Wildman–Crippen MR) is 58.5 cm³/mol. The fourth-order valence-corrected chi connectivity index (χ4v) is 2.14. The van der Waals surface area contributed by atoms with E-state index in [1.54, 1.807) is 6.20 Å². The third-order valence-corrected chi connectivity index (χ3v) is 2.98. The second-order valence-electron chi connectivity index (χ2n) is 2.88. The summed E-state index contributed by atoms with van der Waals surface area (Å²) in [7, 11) is 1.49. The number of rotatable bonds is 3. The highest BCUT2D eigenvalue weighted by molar-refractivity contribution is 7.15. The Bertz CT molecular complexity index is 434. The number of nitrogens with zero attached hydrogens (tertiary/aromatic N) is 3. The molecule has 1 aromatic rings. The molecule has 1 aliphatic heterocycles. The molecule has 2 rings (SSSR count). The minimum absolute atomic E-state index is 0.124. The monoisotopic (exact) mass is 261 g/mol. The Morgan fingerprint density at radius 1 is 1.75 bits per heavy atom. The number of halogens is 1. The van der Waals surface area contributed by atoms with E-state index in [1.807, 2.05) is 0 Å². The lowest BCUT2D eigenvalue weighted by Crippen LogP contribution is -2.30. The molecule has 0 radical (unpaired) electrons. The summed E-state index contributed by atoms with van der Waals surface area (Å²) < 4.78 is 5.15. The molecule has 86 valence electrons. The Hall–Kier alpha value is -1.18. The Balaban J connectivity index is 2.06. The molecular formula is C8H8ClN3O3S. The Kier molecular flexibility index (Phi) is 3.37. The average molecular weight is 262 g/mol. The number of amides is 1. The third kappa shape index (κ3) is 2.49. The molecule has 0 N–H and O–H groups in total. The highest BCUT2D eigenvalue weighted by Gasteiger charge is 2.22. The van der Waals surface area contributed by atoms with Crippen LogP contribution in [0.1, 0.15) is 4.88 Å². The van der Waals surface area contributed by atoms with Crippen LogP contribution in [0.4, 0.5) is 4.79 Å². The number of carbonyl (C=O) groups excluding carboxylic acids is 1. The van der Waals surface area contributed by atoms with Gasteiger partial charge in [0.25, 0.3) is 0 Å². The summed E-state index contributed by atoms with van der Waals surface area (Å²) in [6.45, 7) is 0.551. The van der Waals surface area contributed by atoms with Gasteiger partial charge in [-0.1, -0.05) is 11.6 Å². The maximum atomic E-state index is 10.8. The minimum Gasteiger partial charge on any atom is -0.440 e. The van der Waals surface area contributed by atoms with E-state index in [1.165, 1.54) is 23.5 Å². The van der Waals surface area contributed by atoms with Crippen molar-refractivity contribution in [3.8, 4) is 0 Å². The normalized spacial score (nSPS) is 14.9. The lowest BCUT2D eigenvalue weighted by atomic mass is 10.5. The molecular weight excluding hydrogens is 254 g/mol. The van der Waals surface area contributed by atoms with Crippen molar-refractivity contribution in [3.63, 3.8) is 0 Å². The van der Waals surface area contributed by atoms with Crippen LogP contribution in [0, 0.1) is 0 Å². The zero-order valence-electron chi connectivity index (χ0n) is 8.34. The molecule has 0 fully saturated rings. The Morgan fingerprint density at radius 2 is 2.56 bits per heavy atom. The van der Waals surface area contributed by atoms with Gasteiger partial charge in [-0.25, -0.2) is 14.8 Å². The van der Waals surface area contributed by atoms with Gasteiger partial charge in [0.05, 0.1) is 13.7 Å². The van der Waals surface area contributed by atoms with Crippen LogP contribution in [0.15, 0.2) is 11.2 Å². The van der Waals surface area contributed by atoms with Crippen molar-refractivity contribution in [2.24, 2.45) is 4.99 Å². The highest BCUT2D eigenvalue weighted by atomic mass is 35.5. The number of hydroxylamine groups is 2. The van der Waals surface area contributed by atoms with Gasteiger partial charge >= 0.3 is 6.09 Å². The summed E-state index contributed by atoms with van der Waals surface area (Å²) >= 11 is 7.05. The first-order chi connectivity index (χ1) is 7.69. The molecule has 0 aliphatic carbocycles. The molecule has 1 aromatic heterocycles. The number of hydrogen-bond donors (Lipinski definition) is 0. The van der Waals surface area contributed by atoms with Gasteiger partial charge in [0, 0.05) is 11.1 Å². The van der Waals surface area contributed by atoms with Crippen molar-refractivity contribution >= 4 is 34.9 Å². The van der Waals surface area contributed by atoms with Crippen molar-refractivity contribution in [3.05, 3.63) is 15.5 Å². The topological polar surface area (TPSA) is 64.0 Å². The van der Waals surface area contributed by atoms with E-state index in [0.717, 1.165) is 4.88 Å². The molecule has 0 saturated carbocycles. The minimum atomic E-state index is -0.598. The van der Waals surface area contributed by atoms with E-state index in [9.17, 15) is 4.79 Å². The van der Waals surface area contributed by atoms with Gasteiger partial charge in [-0.05, 0) is 0 Å². The number of aliphatic imine (C=N–C) groups is 1. The van der Waals surface area contributed by atoms with Crippen molar-refractivity contribution in [2.45, 2.75) is 6.54 Å². The number of thiazole rings is 1. The standard InChI is InChI=1S/C8H8ClN3O3S/c1-14-12(6-4-15-8(13)11-6)3-5-2-10-7(9)16-5/h2H,3-4H2,1H3. The number of hydrogen-bond acceptors (Lipinski definition) is 6. The molecule has 0 aromatic carbocycles. The van der Waals surface area contributed by atoms with Gasteiger partial charge in [-0.15, -0.1) is 11.3 Å². The van der Waals surface area contributed by atoms with E-state index >= 15 is 0 Å². The smallest absolute Gasteiger partial charge is 0.435 e. The molecule has 0 saturated heterocycles. The summed E-state index contributed by atoms with van der Waals surface area (Å²) in [5.41, 5.74) is 0. The second kappa shape index (κ2) is 4.77. The summed E-state index contributed by atoms with van der Waals surface area (Å²) in [4.78, 5) is 24.4. The lowest BCUT2D eigenvalue weighted by molar-refractivity contribution is -0.0737. The van der Waals surface area contributed by atoms with Crippen LogP contribution in [0.25, 0.3) is 0 Å². The summed E-state index contributed by atoms with van der Waals surface area (Å²) in [5.74, 6) is 0.442. The quantitative estimate of drug-likeness (QED) is 0.775. The van der Waals surface area contributed by atoms with Crippen molar-refractivity contribution in [1.29, 1.82) is 0 Å². The molecule has 0 bridgehead atoms. The molecule has 0 unspecified atom stereocenters. The third-order valence-electron chi connectivity index (χ3n) is 1.88. The van der Waals surface area contributed by atoms with Gasteiger partial charge in [0.15, 0.2) is 16.9 Å². The molecule has 8 heteroatoms. The first-order valence-electron chi connectivity index (χ1n) is 4.35. The van der Waals surface area contributed by atoms with Crippen LogP contribution >= 0.6 is 22.9 Å². The number of amidine groups is 1. The van der Waals surface area contributed by atoms with E-state index in [-0.39, 0.29) is 6.61 Å². The summed E-state index contributed by atoms with van der Waals surface area (Å²) in [6.07, 6.45) is 1.05. The van der Waals surface area contributed by atoms with Crippen molar-refractivity contribution < 1.29 is 14.4 Å². The van der Waals surface area contributed by atoms with Crippen LogP contribution in [0.5, 0.6) is 0 Å². The van der Waals surface area contributed by atoms with E-state index in [2.05, 4.69) is 14.7 Å². The molecule has 0 spiro atoms. The first kappa shape index (κ1) is 11.3. The largest absolute Gasteiger partial charge is 0.440 e. The van der Waals surface area contributed by atoms with E-state index < -0.39 is 6.09 Å². The van der Waals surface area contributed by atoms with Gasteiger partial charge < -0.3 is 4.74 Å². The molecule has 6 nitrogen and oxygen atoms in total. The second-order valence-corrected chi connectivity index (χ2v) is 4.58. The molecule has 1 aliphatic rings. The zero-order chi connectivity index (χ0) is 11.5. The van der Waals surface area contributed by atoms with Crippen LogP contribution in [-0.4, -0.2) is 35.7 Å². The summed E-state index contributed by atoms with van der Waals surface area (Å²) in [6, 6.07) is 0. The van der Waals surface area contributed by atoms with Gasteiger partial charge in [-0.3, -0.25) is 4.84 Å². The van der Waals surface area contributed by atoms with E-state index in [0.29, 0.717) is 16.8 Å². The fraction of sp³-hybridized carbons (Fsp3) is 0.375. The van der Waals surface area contributed by atoms with Crippen molar-refractivity contribution in [1.82, 2.24) is 10.0 Å². The molecule has 2 heterocycles. The average Bonchev–Trinajstić information content (AvgIpc) is 2.84. The number of aromatic nitrogens is 1. The van der Waals surface area contributed by atoms with Gasteiger partial charge in [0.1, 0.15) is 0 Å². The molecule has 16 heavy (non-hydrogen) atoms. The Morgan fingerprint density at radius 3 is 3.06 bits per heavy atom. The van der Waals surface area contributed by atoms with Gasteiger partial charge in [0.2, 0.25) is 0 Å². The van der Waals surface area contributed by atoms with Gasteiger partial charge in [-0.2, -0.15) is 4.99 Å². The highest BCUT2D eigenvalue weighted by Crippen LogP contribution is 2.20. The van der Waals surface area contributed by atoms with E-state index in [4.69, 9.17) is 16.4 Å². The molecule has 0 atom stereocenters. The van der Waals surface area contributed by atoms with Crippen LogP contribution in [0.2, 0.25) is 4.47 Å². The lowest BCUT2D eigenvalue weighted by Gasteiger charge is -2.18. The SMILES string of the molecule is CON(Cc1cnc(Cl)s1)C1=NC(=O)OC1. The fourth-order valence-electron chi connectivity index (χ4n) is 1.18. The summed E-state index contributed by atoms with van der Waals surface area (Å²) in [5, 5.41) is 1.47. The van der Waals surface area contributed by atoms with Crippen LogP contribution in [-0.2, 0) is 16.1 Å². The maximum Gasteiger partial charge on any atom is 0.435 e. The predicted octanol–water partition coefficient (Wildman–Crippen LogP) is 1.71. The van der Waals surface area contributed by atoms with Crippen LogP contribution in [0.3, 0.4) is 0 Å². The number of carbonyl (C=O) groups is 1. The van der Waals surface area contributed by atoms with Crippen LogP contribution < -0.4 is 0 Å². The van der Waals surface area contributed by atoms with Crippen molar-refractivity contribution in [2.75, 3.05) is 13.7 Å². The maximum absolute atomic E-state index is 10.8. The Labute approximate surface area is 100 Å².